The van der Waals surface area contributed by atoms with E-state index in [1.165, 1.54) is 0 Å². The van der Waals surface area contributed by atoms with E-state index in [0.29, 0.717) is 10.9 Å². The van der Waals surface area contributed by atoms with Gasteiger partial charge in [-0.25, -0.2) is 0 Å². The van der Waals surface area contributed by atoms with E-state index in [9.17, 15) is 0 Å². The summed E-state index contributed by atoms with van der Waals surface area (Å²) in [7, 11) is 0. The second-order valence-electron chi connectivity index (χ2n) is 4.14. The van der Waals surface area contributed by atoms with Crippen LogP contribution in [0.15, 0.2) is 22.7 Å². The highest BCUT2D eigenvalue weighted by molar-refractivity contribution is 9.10. The molecule has 88 valence electrons. The molecule has 0 saturated heterocycles. The summed E-state index contributed by atoms with van der Waals surface area (Å²) in [5.74, 6) is 0.688. The molecule has 0 bridgehead atoms. The molecule has 1 rings (SSSR count). The molecule has 1 aromatic carbocycles. The van der Waals surface area contributed by atoms with Crippen LogP contribution >= 0.6 is 28.1 Å². The van der Waals surface area contributed by atoms with E-state index in [1.54, 1.807) is 0 Å². The van der Waals surface area contributed by atoms with Gasteiger partial charge in [0.1, 0.15) is 4.99 Å². The van der Waals surface area contributed by atoms with Gasteiger partial charge < -0.3 is 11.1 Å². The minimum atomic E-state index is 0.416. The standard InChI is InChI=1S/C12H17BrN2S/c1-8(2)6-7-15-10-5-3-4-9(13)11(10)12(14)16/h3-5,8,15H,6-7H2,1-2H3,(H2,14,16). The first kappa shape index (κ1) is 13.5. The first-order valence-corrected chi connectivity index (χ1v) is 6.54. The SMILES string of the molecule is CC(C)CCNc1cccc(Br)c1C(N)=S. The van der Waals surface area contributed by atoms with Crippen LogP contribution in [0.2, 0.25) is 0 Å². The largest absolute Gasteiger partial charge is 0.389 e. The summed E-state index contributed by atoms with van der Waals surface area (Å²) in [4.78, 5) is 0.416. The lowest BCUT2D eigenvalue weighted by Crippen LogP contribution is -2.15. The minimum absolute atomic E-state index is 0.416. The summed E-state index contributed by atoms with van der Waals surface area (Å²) in [6, 6.07) is 5.92. The van der Waals surface area contributed by atoms with Crippen LogP contribution in [0.5, 0.6) is 0 Å². The third-order valence-corrected chi connectivity index (χ3v) is 3.16. The molecule has 16 heavy (non-hydrogen) atoms. The summed E-state index contributed by atoms with van der Waals surface area (Å²) in [6.45, 7) is 5.35. The summed E-state index contributed by atoms with van der Waals surface area (Å²) < 4.78 is 0.939. The lowest BCUT2D eigenvalue weighted by molar-refractivity contribution is 0.607. The number of halogens is 1. The topological polar surface area (TPSA) is 38.0 Å². The zero-order chi connectivity index (χ0) is 12.1. The Hall–Kier alpha value is -0.610. The van der Waals surface area contributed by atoms with Crippen LogP contribution < -0.4 is 11.1 Å². The Morgan fingerprint density at radius 3 is 2.75 bits per heavy atom. The van der Waals surface area contributed by atoms with Crippen LogP contribution in [0, 0.1) is 5.92 Å². The van der Waals surface area contributed by atoms with Crippen molar-refractivity contribution in [3.63, 3.8) is 0 Å². The quantitative estimate of drug-likeness (QED) is 0.817. The van der Waals surface area contributed by atoms with E-state index in [-0.39, 0.29) is 0 Å². The Balaban J connectivity index is 2.79. The molecule has 0 aliphatic rings. The van der Waals surface area contributed by atoms with Crippen LogP contribution in [-0.2, 0) is 0 Å². The highest BCUT2D eigenvalue weighted by Crippen LogP contribution is 2.24. The van der Waals surface area contributed by atoms with Crippen molar-refractivity contribution in [2.75, 3.05) is 11.9 Å². The lowest BCUT2D eigenvalue weighted by Gasteiger charge is -2.13. The zero-order valence-electron chi connectivity index (χ0n) is 9.59. The molecule has 0 spiro atoms. The first-order chi connectivity index (χ1) is 7.52. The van der Waals surface area contributed by atoms with Crippen molar-refractivity contribution in [3.05, 3.63) is 28.2 Å². The summed E-state index contributed by atoms with van der Waals surface area (Å²) in [5.41, 5.74) is 7.60. The van der Waals surface area contributed by atoms with E-state index in [0.717, 1.165) is 28.7 Å². The maximum Gasteiger partial charge on any atom is 0.107 e. The van der Waals surface area contributed by atoms with Crippen LogP contribution in [-0.4, -0.2) is 11.5 Å². The summed E-state index contributed by atoms with van der Waals surface area (Å²) in [5, 5.41) is 3.37. The van der Waals surface area contributed by atoms with Crippen molar-refractivity contribution in [2.24, 2.45) is 11.7 Å². The molecule has 0 radical (unpaired) electrons. The van der Waals surface area contributed by atoms with Gasteiger partial charge in [-0.3, -0.25) is 0 Å². The van der Waals surface area contributed by atoms with Crippen molar-refractivity contribution in [1.29, 1.82) is 0 Å². The van der Waals surface area contributed by atoms with Gasteiger partial charge in [-0.15, -0.1) is 0 Å². The Kier molecular flexibility index (Phi) is 5.22. The molecule has 0 unspecified atom stereocenters. The average Bonchev–Trinajstić information content (AvgIpc) is 2.16. The van der Waals surface area contributed by atoms with Gasteiger partial charge in [0, 0.05) is 22.3 Å². The molecule has 2 nitrogen and oxygen atoms in total. The van der Waals surface area contributed by atoms with Gasteiger partial charge in [0.05, 0.1) is 0 Å². The molecule has 0 heterocycles. The Morgan fingerprint density at radius 2 is 2.19 bits per heavy atom. The van der Waals surface area contributed by atoms with Gasteiger partial charge in [0.15, 0.2) is 0 Å². The average molecular weight is 301 g/mol. The Morgan fingerprint density at radius 1 is 1.50 bits per heavy atom. The normalized spacial score (nSPS) is 10.5. The number of nitrogens with two attached hydrogens (primary N) is 1. The van der Waals surface area contributed by atoms with Gasteiger partial charge >= 0.3 is 0 Å². The lowest BCUT2D eigenvalue weighted by atomic mass is 10.1. The maximum atomic E-state index is 5.71. The van der Waals surface area contributed by atoms with E-state index in [4.69, 9.17) is 18.0 Å². The molecule has 3 N–H and O–H groups in total. The van der Waals surface area contributed by atoms with Crippen molar-refractivity contribution < 1.29 is 0 Å². The molecule has 0 fully saturated rings. The molecule has 0 atom stereocenters. The smallest absolute Gasteiger partial charge is 0.107 e. The number of hydrogen-bond acceptors (Lipinski definition) is 2. The molecule has 1 aromatic rings. The second kappa shape index (κ2) is 6.21. The zero-order valence-corrected chi connectivity index (χ0v) is 12.0. The van der Waals surface area contributed by atoms with E-state index in [2.05, 4.69) is 35.1 Å². The third kappa shape index (κ3) is 3.76. The monoisotopic (exact) mass is 300 g/mol. The minimum Gasteiger partial charge on any atom is -0.389 e. The molecule has 0 aromatic heterocycles. The van der Waals surface area contributed by atoms with Crippen LogP contribution in [0.1, 0.15) is 25.8 Å². The van der Waals surface area contributed by atoms with Gasteiger partial charge in [0.25, 0.3) is 0 Å². The van der Waals surface area contributed by atoms with Crippen LogP contribution in [0.25, 0.3) is 0 Å². The predicted octanol–water partition coefficient (Wildman–Crippen LogP) is 3.54. The van der Waals surface area contributed by atoms with Gasteiger partial charge in [-0.2, -0.15) is 0 Å². The number of benzene rings is 1. The second-order valence-corrected chi connectivity index (χ2v) is 5.43. The predicted molar refractivity (Wildman–Crippen MR) is 78.0 cm³/mol. The number of nitrogens with one attached hydrogen (secondary N) is 1. The van der Waals surface area contributed by atoms with Gasteiger partial charge in [-0.1, -0.05) is 32.1 Å². The fourth-order valence-corrected chi connectivity index (χ4v) is 2.35. The highest BCUT2D eigenvalue weighted by Gasteiger charge is 2.08. The summed E-state index contributed by atoms with van der Waals surface area (Å²) in [6.07, 6.45) is 1.13. The summed E-state index contributed by atoms with van der Waals surface area (Å²) >= 11 is 8.51. The molecule has 0 aliphatic heterocycles. The Bertz CT molecular complexity index is 377. The third-order valence-electron chi connectivity index (χ3n) is 2.30. The number of rotatable bonds is 5. The van der Waals surface area contributed by atoms with E-state index >= 15 is 0 Å². The molecular weight excluding hydrogens is 284 g/mol. The van der Waals surface area contributed by atoms with Crippen molar-refractivity contribution >= 4 is 38.8 Å². The van der Waals surface area contributed by atoms with Crippen LogP contribution in [0.4, 0.5) is 5.69 Å². The van der Waals surface area contributed by atoms with Crippen molar-refractivity contribution in [1.82, 2.24) is 0 Å². The molecule has 0 saturated carbocycles. The van der Waals surface area contributed by atoms with E-state index < -0.39 is 0 Å². The number of hydrogen-bond donors (Lipinski definition) is 2. The molecule has 0 aliphatic carbocycles. The van der Waals surface area contributed by atoms with Crippen molar-refractivity contribution in [3.8, 4) is 0 Å². The number of thiocarbonyl (C=S) groups is 1. The molecular formula is C12H17BrN2S. The highest BCUT2D eigenvalue weighted by atomic mass is 79.9. The molecule has 0 amide bonds. The molecule has 4 heteroatoms. The Labute approximate surface area is 111 Å². The van der Waals surface area contributed by atoms with Gasteiger partial charge in [-0.05, 0) is 40.4 Å². The van der Waals surface area contributed by atoms with E-state index in [1.807, 2.05) is 18.2 Å². The fraction of sp³-hybridized carbons (Fsp3) is 0.417. The first-order valence-electron chi connectivity index (χ1n) is 5.34. The maximum absolute atomic E-state index is 5.71. The van der Waals surface area contributed by atoms with Gasteiger partial charge in [0.2, 0.25) is 0 Å². The van der Waals surface area contributed by atoms with Crippen molar-refractivity contribution in [2.45, 2.75) is 20.3 Å². The number of anilines is 1. The van der Waals surface area contributed by atoms with Crippen LogP contribution in [0.3, 0.4) is 0 Å². The fourth-order valence-electron chi connectivity index (χ4n) is 1.42.